The van der Waals surface area contributed by atoms with Crippen molar-refractivity contribution in [3.8, 4) is 0 Å². The fourth-order valence-electron chi connectivity index (χ4n) is 4.43. The van der Waals surface area contributed by atoms with Crippen molar-refractivity contribution >= 4 is 5.78 Å². The van der Waals surface area contributed by atoms with Gasteiger partial charge in [0, 0.05) is 12.3 Å². The van der Waals surface area contributed by atoms with Crippen molar-refractivity contribution in [2.75, 3.05) is 0 Å². The summed E-state index contributed by atoms with van der Waals surface area (Å²) in [5.74, 6) is 1.67. The molecule has 3 aliphatic rings. The van der Waals surface area contributed by atoms with Crippen molar-refractivity contribution in [2.45, 2.75) is 63.6 Å². The second kappa shape index (κ2) is 4.93. The van der Waals surface area contributed by atoms with Gasteiger partial charge in [-0.25, -0.2) is 0 Å². The minimum Gasteiger partial charge on any atom is -0.393 e. The SMILES string of the molecule is O=C1CC2C1CC(O)C2CCC(O)C1CCCC1. The molecule has 18 heavy (non-hydrogen) atoms. The summed E-state index contributed by atoms with van der Waals surface area (Å²) in [7, 11) is 0. The van der Waals surface area contributed by atoms with Gasteiger partial charge in [-0.05, 0) is 49.9 Å². The lowest BCUT2D eigenvalue weighted by molar-refractivity contribution is -0.133. The smallest absolute Gasteiger partial charge is 0.136 e. The zero-order chi connectivity index (χ0) is 12.7. The predicted octanol–water partition coefficient (Wildman–Crippen LogP) is 1.90. The fourth-order valence-corrected chi connectivity index (χ4v) is 4.43. The number of carbonyl (C=O) groups excluding carboxylic acids is 1. The highest BCUT2D eigenvalue weighted by Gasteiger charge is 2.52. The number of hydrogen-bond acceptors (Lipinski definition) is 3. The van der Waals surface area contributed by atoms with E-state index in [9.17, 15) is 15.0 Å². The molecule has 0 heterocycles. The van der Waals surface area contributed by atoms with Crippen molar-refractivity contribution in [3.63, 3.8) is 0 Å². The van der Waals surface area contributed by atoms with E-state index in [1.807, 2.05) is 0 Å². The van der Waals surface area contributed by atoms with Crippen LogP contribution in [0.5, 0.6) is 0 Å². The summed E-state index contributed by atoms with van der Waals surface area (Å²) in [6, 6.07) is 0. The molecule has 0 aromatic heterocycles. The number of hydrogen-bond donors (Lipinski definition) is 2. The lowest BCUT2D eigenvalue weighted by Crippen LogP contribution is -2.36. The Morgan fingerprint density at radius 1 is 1.28 bits per heavy atom. The molecule has 3 heteroatoms. The van der Waals surface area contributed by atoms with Gasteiger partial charge in [0.15, 0.2) is 0 Å². The van der Waals surface area contributed by atoms with Crippen LogP contribution in [0.3, 0.4) is 0 Å². The summed E-state index contributed by atoms with van der Waals surface area (Å²) in [6.45, 7) is 0. The molecule has 3 nitrogen and oxygen atoms in total. The molecule has 0 saturated heterocycles. The third-order valence-electron chi connectivity index (χ3n) is 5.65. The van der Waals surface area contributed by atoms with Crippen molar-refractivity contribution in [1.29, 1.82) is 0 Å². The van der Waals surface area contributed by atoms with Gasteiger partial charge in [0.25, 0.3) is 0 Å². The molecule has 0 radical (unpaired) electrons. The van der Waals surface area contributed by atoms with Crippen LogP contribution >= 0.6 is 0 Å². The normalized spacial score (nSPS) is 41.8. The Morgan fingerprint density at radius 3 is 2.61 bits per heavy atom. The molecule has 0 spiro atoms. The Hall–Kier alpha value is -0.410. The van der Waals surface area contributed by atoms with E-state index in [2.05, 4.69) is 0 Å². The largest absolute Gasteiger partial charge is 0.393 e. The molecule has 0 aliphatic heterocycles. The fraction of sp³-hybridized carbons (Fsp3) is 0.933. The summed E-state index contributed by atoms with van der Waals surface area (Å²) in [6.07, 6.45) is 7.41. The molecule has 0 bridgehead atoms. The molecular formula is C15H24O3. The Morgan fingerprint density at radius 2 is 2.00 bits per heavy atom. The van der Waals surface area contributed by atoms with E-state index >= 15 is 0 Å². The summed E-state index contributed by atoms with van der Waals surface area (Å²) in [4.78, 5) is 11.4. The zero-order valence-corrected chi connectivity index (χ0v) is 10.9. The Balaban J connectivity index is 1.49. The van der Waals surface area contributed by atoms with Gasteiger partial charge in [-0.3, -0.25) is 4.79 Å². The maximum Gasteiger partial charge on any atom is 0.136 e. The van der Waals surface area contributed by atoms with Crippen LogP contribution in [0.25, 0.3) is 0 Å². The van der Waals surface area contributed by atoms with Gasteiger partial charge in [0.05, 0.1) is 12.2 Å². The van der Waals surface area contributed by atoms with Crippen LogP contribution in [-0.2, 0) is 4.79 Å². The van der Waals surface area contributed by atoms with Crippen molar-refractivity contribution in [2.24, 2.45) is 23.7 Å². The molecule has 0 amide bonds. The monoisotopic (exact) mass is 252 g/mol. The number of fused-ring (bicyclic) bond motifs is 1. The summed E-state index contributed by atoms with van der Waals surface area (Å²) in [5, 5.41) is 20.2. The topological polar surface area (TPSA) is 57.5 Å². The highest BCUT2D eigenvalue weighted by Crippen LogP contribution is 2.50. The van der Waals surface area contributed by atoms with Gasteiger partial charge in [-0.2, -0.15) is 0 Å². The first-order chi connectivity index (χ1) is 8.66. The van der Waals surface area contributed by atoms with Crippen LogP contribution in [-0.4, -0.2) is 28.2 Å². The third-order valence-corrected chi connectivity index (χ3v) is 5.65. The van der Waals surface area contributed by atoms with Crippen LogP contribution in [0, 0.1) is 23.7 Å². The van der Waals surface area contributed by atoms with Gasteiger partial charge >= 0.3 is 0 Å². The number of Topliss-reactive ketones (excluding diaryl/α,β-unsaturated/α-hetero) is 1. The first kappa shape index (κ1) is 12.6. The average Bonchev–Trinajstić information content (AvgIpc) is 2.95. The summed E-state index contributed by atoms with van der Waals surface area (Å²) in [5.41, 5.74) is 0. The van der Waals surface area contributed by atoms with E-state index in [0.29, 0.717) is 30.5 Å². The van der Waals surface area contributed by atoms with E-state index in [1.54, 1.807) is 0 Å². The van der Waals surface area contributed by atoms with E-state index < -0.39 is 0 Å². The predicted molar refractivity (Wildman–Crippen MR) is 67.9 cm³/mol. The number of aliphatic hydroxyl groups is 2. The van der Waals surface area contributed by atoms with Gasteiger partial charge in [0.1, 0.15) is 5.78 Å². The number of rotatable bonds is 4. The lowest BCUT2D eigenvalue weighted by atomic mass is 9.70. The van der Waals surface area contributed by atoms with E-state index in [-0.39, 0.29) is 24.0 Å². The zero-order valence-electron chi connectivity index (χ0n) is 10.9. The number of aliphatic hydroxyl groups excluding tert-OH is 2. The molecule has 102 valence electrons. The molecule has 3 fully saturated rings. The second-order valence-corrected chi connectivity index (χ2v) is 6.60. The number of ketones is 1. The van der Waals surface area contributed by atoms with Crippen LogP contribution < -0.4 is 0 Å². The van der Waals surface area contributed by atoms with Crippen molar-refractivity contribution in [3.05, 3.63) is 0 Å². The van der Waals surface area contributed by atoms with Gasteiger partial charge in [-0.1, -0.05) is 12.8 Å². The van der Waals surface area contributed by atoms with Crippen LogP contribution in [0.2, 0.25) is 0 Å². The standard InChI is InChI=1S/C15H24O3/c16-13(9-3-1-2-4-9)6-5-10-11-7-15(18)12(11)8-14(10)17/h9-14,16-17H,1-8H2. The van der Waals surface area contributed by atoms with Crippen LogP contribution in [0.4, 0.5) is 0 Å². The summed E-state index contributed by atoms with van der Waals surface area (Å²) >= 11 is 0. The Kier molecular flexibility index (Phi) is 3.46. The van der Waals surface area contributed by atoms with E-state index in [4.69, 9.17) is 0 Å². The average molecular weight is 252 g/mol. The molecule has 2 N–H and O–H groups in total. The van der Waals surface area contributed by atoms with Crippen LogP contribution in [0.1, 0.15) is 51.4 Å². The number of carbonyl (C=O) groups is 1. The molecule has 5 atom stereocenters. The third kappa shape index (κ3) is 2.12. The van der Waals surface area contributed by atoms with Crippen LogP contribution in [0.15, 0.2) is 0 Å². The van der Waals surface area contributed by atoms with E-state index in [0.717, 1.165) is 12.8 Å². The highest BCUT2D eigenvalue weighted by molar-refractivity contribution is 5.88. The summed E-state index contributed by atoms with van der Waals surface area (Å²) < 4.78 is 0. The molecule has 3 saturated carbocycles. The first-order valence-electron chi connectivity index (χ1n) is 7.55. The maximum absolute atomic E-state index is 11.4. The Bertz CT molecular complexity index is 322. The van der Waals surface area contributed by atoms with Gasteiger partial charge < -0.3 is 10.2 Å². The highest BCUT2D eigenvalue weighted by atomic mass is 16.3. The molecule has 0 aromatic rings. The minimum absolute atomic E-state index is 0.147. The quantitative estimate of drug-likeness (QED) is 0.803. The second-order valence-electron chi connectivity index (χ2n) is 6.60. The molecule has 5 unspecified atom stereocenters. The molecule has 3 aliphatic carbocycles. The molecule has 3 rings (SSSR count). The minimum atomic E-state index is -0.303. The lowest BCUT2D eigenvalue weighted by Gasteiger charge is -2.33. The van der Waals surface area contributed by atoms with Gasteiger partial charge in [-0.15, -0.1) is 0 Å². The van der Waals surface area contributed by atoms with Crippen molar-refractivity contribution < 1.29 is 15.0 Å². The van der Waals surface area contributed by atoms with Crippen molar-refractivity contribution in [1.82, 2.24) is 0 Å². The maximum atomic E-state index is 11.4. The van der Waals surface area contributed by atoms with Gasteiger partial charge in [0.2, 0.25) is 0 Å². The molecular weight excluding hydrogens is 228 g/mol. The van der Waals surface area contributed by atoms with E-state index in [1.165, 1.54) is 25.7 Å². The Labute approximate surface area is 109 Å². The first-order valence-corrected chi connectivity index (χ1v) is 7.55. The molecule has 0 aromatic carbocycles.